The molecule has 4 heteroatoms. The Morgan fingerprint density at radius 1 is 1.24 bits per heavy atom. The number of hydrogen-bond donors (Lipinski definition) is 1. The maximum atomic E-state index is 13.0. The Kier molecular flexibility index (Phi) is 3.57. The highest BCUT2D eigenvalue weighted by molar-refractivity contribution is 5.33. The molecule has 1 aromatic carbocycles. The first-order valence-corrected chi connectivity index (χ1v) is 7.50. The van der Waals surface area contributed by atoms with Gasteiger partial charge in [0.05, 0.1) is 11.2 Å². The van der Waals surface area contributed by atoms with Crippen LogP contribution in [0.1, 0.15) is 43.3 Å². The van der Waals surface area contributed by atoms with Gasteiger partial charge < -0.3 is 5.32 Å². The van der Waals surface area contributed by atoms with Gasteiger partial charge in [-0.05, 0) is 38.5 Å². The minimum atomic E-state index is -0.192. The monoisotopic (exact) mass is 287 g/mol. The predicted molar refractivity (Wildman–Crippen MR) is 81.8 cm³/mol. The number of fused-ring (bicyclic) bond motifs is 1. The molecule has 0 saturated heterocycles. The van der Waals surface area contributed by atoms with Gasteiger partial charge in [-0.3, -0.25) is 4.68 Å². The number of rotatable bonds is 2. The molecule has 1 aliphatic rings. The van der Waals surface area contributed by atoms with Crippen molar-refractivity contribution in [1.82, 2.24) is 15.1 Å². The molecule has 2 aromatic rings. The quantitative estimate of drug-likeness (QED) is 0.920. The Balaban J connectivity index is 1.98. The van der Waals surface area contributed by atoms with Crippen molar-refractivity contribution in [3.8, 4) is 0 Å². The Labute approximate surface area is 125 Å². The fourth-order valence-electron chi connectivity index (χ4n) is 2.91. The maximum absolute atomic E-state index is 13.0. The van der Waals surface area contributed by atoms with Crippen molar-refractivity contribution >= 4 is 0 Å². The van der Waals surface area contributed by atoms with Crippen molar-refractivity contribution in [3.63, 3.8) is 0 Å². The lowest BCUT2D eigenvalue weighted by atomic mass is 10.0. The molecule has 0 atom stereocenters. The summed E-state index contributed by atoms with van der Waals surface area (Å²) >= 11 is 0. The fourth-order valence-corrected chi connectivity index (χ4v) is 2.91. The predicted octanol–water partition coefficient (Wildman–Crippen LogP) is 3.01. The van der Waals surface area contributed by atoms with Gasteiger partial charge in [-0.25, -0.2) is 4.39 Å². The van der Waals surface area contributed by atoms with Crippen molar-refractivity contribution < 1.29 is 4.39 Å². The van der Waals surface area contributed by atoms with E-state index in [1.807, 2.05) is 12.1 Å². The van der Waals surface area contributed by atoms with E-state index in [0.717, 1.165) is 37.2 Å². The van der Waals surface area contributed by atoms with Crippen molar-refractivity contribution in [1.29, 1.82) is 0 Å². The van der Waals surface area contributed by atoms with Crippen molar-refractivity contribution in [3.05, 3.63) is 52.6 Å². The second kappa shape index (κ2) is 5.26. The van der Waals surface area contributed by atoms with Crippen LogP contribution < -0.4 is 5.32 Å². The van der Waals surface area contributed by atoms with Gasteiger partial charge in [0.1, 0.15) is 5.82 Å². The molecule has 1 aliphatic heterocycles. The van der Waals surface area contributed by atoms with E-state index in [4.69, 9.17) is 5.10 Å². The van der Waals surface area contributed by atoms with E-state index in [1.165, 1.54) is 23.4 Å². The van der Waals surface area contributed by atoms with Gasteiger partial charge in [-0.2, -0.15) is 5.10 Å². The first-order valence-electron chi connectivity index (χ1n) is 7.50. The lowest BCUT2D eigenvalue weighted by Crippen LogP contribution is -2.30. The van der Waals surface area contributed by atoms with Crippen LogP contribution in [0.4, 0.5) is 4.39 Å². The van der Waals surface area contributed by atoms with Gasteiger partial charge in [0.15, 0.2) is 0 Å². The van der Waals surface area contributed by atoms with Crippen molar-refractivity contribution in [2.24, 2.45) is 0 Å². The molecule has 0 fully saturated rings. The SMILES string of the molecule is CC(C)(C)n1nc(Cc2ccc(F)cc2)c2c1CCNC2. The molecule has 21 heavy (non-hydrogen) atoms. The largest absolute Gasteiger partial charge is 0.312 e. The molecule has 0 amide bonds. The van der Waals surface area contributed by atoms with Gasteiger partial charge in [0, 0.05) is 37.2 Å². The molecule has 3 nitrogen and oxygen atoms in total. The third kappa shape index (κ3) is 2.86. The summed E-state index contributed by atoms with van der Waals surface area (Å²) in [5, 5.41) is 8.29. The number of hydrogen-bond acceptors (Lipinski definition) is 2. The maximum Gasteiger partial charge on any atom is 0.123 e. The molecule has 0 radical (unpaired) electrons. The van der Waals surface area contributed by atoms with Crippen molar-refractivity contribution in [2.45, 2.75) is 45.7 Å². The molecule has 1 aromatic heterocycles. The summed E-state index contributed by atoms with van der Waals surface area (Å²) in [7, 11) is 0. The molecule has 0 aliphatic carbocycles. The number of nitrogens with zero attached hydrogens (tertiary/aromatic N) is 2. The number of aromatic nitrogens is 2. The molecule has 0 bridgehead atoms. The Hall–Kier alpha value is -1.68. The molecular formula is C17H22FN3. The van der Waals surface area contributed by atoms with E-state index in [-0.39, 0.29) is 11.4 Å². The second-order valence-corrected chi connectivity index (χ2v) is 6.68. The van der Waals surface area contributed by atoms with E-state index in [0.29, 0.717) is 0 Å². The zero-order valence-corrected chi connectivity index (χ0v) is 12.9. The van der Waals surface area contributed by atoms with Crippen LogP contribution in [0.3, 0.4) is 0 Å². The molecule has 0 saturated carbocycles. The average Bonchev–Trinajstić information content (AvgIpc) is 2.81. The van der Waals surface area contributed by atoms with Crippen LogP contribution in [-0.2, 0) is 24.9 Å². The molecule has 112 valence electrons. The summed E-state index contributed by atoms with van der Waals surface area (Å²) in [6, 6.07) is 6.71. The standard InChI is InChI=1S/C17H22FN3/c1-17(2,3)21-16-8-9-19-11-14(16)15(20-21)10-12-4-6-13(18)7-5-12/h4-7,19H,8-11H2,1-3H3. The van der Waals surface area contributed by atoms with E-state index < -0.39 is 0 Å². The molecule has 1 N–H and O–H groups in total. The first kappa shape index (κ1) is 14.3. The molecule has 3 rings (SSSR count). The van der Waals surface area contributed by atoms with Crippen LogP contribution in [0.2, 0.25) is 0 Å². The summed E-state index contributed by atoms with van der Waals surface area (Å²) in [4.78, 5) is 0. The van der Waals surface area contributed by atoms with Crippen LogP contribution in [0, 0.1) is 5.82 Å². The van der Waals surface area contributed by atoms with Crippen LogP contribution in [-0.4, -0.2) is 16.3 Å². The normalized spacial score (nSPS) is 15.0. The van der Waals surface area contributed by atoms with Crippen LogP contribution in [0.15, 0.2) is 24.3 Å². The van der Waals surface area contributed by atoms with E-state index in [1.54, 1.807) is 0 Å². The smallest absolute Gasteiger partial charge is 0.123 e. The summed E-state index contributed by atoms with van der Waals surface area (Å²) in [5.74, 6) is -0.192. The third-order valence-electron chi connectivity index (χ3n) is 3.93. The van der Waals surface area contributed by atoms with Gasteiger partial charge in [0.2, 0.25) is 0 Å². The van der Waals surface area contributed by atoms with E-state index in [9.17, 15) is 4.39 Å². The Morgan fingerprint density at radius 2 is 1.95 bits per heavy atom. The Morgan fingerprint density at radius 3 is 2.62 bits per heavy atom. The highest BCUT2D eigenvalue weighted by Gasteiger charge is 2.26. The van der Waals surface area contributed by atoms with Crippen molar-refractivity contribution in [2.75, 3.05) is 6.54 Å². The van der Waals surface area contributed by atoms with Crippen LogP contribution >= 0.6 is 0 Å². The highest BCUT2D eigenvalue weighted by Crippen LogP contribution is 2.26. The zero-order valence-electron chi connectivity index (χ0n) is 12.9. The molecular weight excluding hydrogens is 265 g/mol. The number of nitrogens with one attached hydrogen (secondary N) is 1. The Bertz CT molecular complexity index is 635. The second-order valence-electron chi connectivity index (χ2n) is 6.68. The number of halogens is 1. The summed E-state index contributed by atoms with van der Waals surface area (Å²) in [5.41, 5.74) is 4.86. The number of benzene rings is 1. The molecule has 2 heterocycles. The highest BCUT2D eigenvalue weighted by atomic mass is 19.1. The minimum Gasteiger partial charge on any atom is -0.312 e. The topological polar surface area (TPSA) is 29.9 Å². The summed E-state index contributed by atoms with van der Waals surface area (Å²) < 4.78 is 15.2. The van der Waals surface area contributed by atoms with Gasteiger partial charge in [-0.15, -0.1) is 0 Å². The van der Waals surface area contributed by atoms with Crippen LogP contribution in [0.25, 0.3) is 0 Å². The first-order chi connectivity index (χ1) is 9.95. The minimum absolute atomic E-state index is 0.0114. The lowest BCUT2D eigenvalue weighted by Gasteiger charge is -2.24. The van der Waals surface area contributed by atoms with Gasteiger partial charge >= 0.3 is 0 Å². The molecule has 0 unspecified atom stereocenters. The fraction of sp³-hybridized carbons (Fsp3) is 0.471. The summed E-state index contributed by atoms with van der Waals surface area (Å²) in [6.07, 6.45) is 1.77. The van der Waals surface area contributed by atoms with Gasteiger partial charge in [-0.1, -0.05) is 12.1 Å². The average molecular weight is 287 g/mol. The summed E-state index contributed by atoms with van der Waals surface area (Å²) in [6.45, 7) is 8.44. The lowest BCUT2D eigenvalue weighted by molar-refractivity contribution is 0.338. The van der Waals surface area contributed by atoms with Crippen LogP contribution in [0.5, 0.6) is 0 Å². The van der Waals surface area contributed by atoms with Gasteiger partial charge in [0.25, 0.3) is 0 Å². The molecule has 0 spiro atoms. The third-order valence-corrected chi connectivity index (χ3v) is 3.93. The van der Waals surface area contributed by atoms with E-state index >= 15 is 0 Å². The zero-order chi connectivity index (χ0) is 15.0. The van der Waals surface area contributed by atoms with E-state index in [2.05, 4.69) is 30.8 Å².